The van der Waals surface area contributed by atoms with Crippen molar-refractivity contribution in [3.05, 3.63) is 35.4 Å². The van der Waals surface area contributed by atoms with Crippen molar-refractivity contribution in [3.63, 3.8) is 0 Å². The molecule has 2 rings (SSSR count). The van der Waals surface area contributed by atoms with Crippen molar-refractivity contribution < 1.29 is 36.6 Å². The van der Waals surface area contributed by atoms with Gasteiger partial charge >= 0.3 is 6.18 Å². The van der Waals surface area contributed by atoms with Gasteiger partial charge in [-0.2, -0.15) is 13.2 Å². The molecule has 0 bridgehead atoms. The summed E-state index contributed by atoms with van der Waals surface area (Å²) in [7, 11) is 0. The lowest BCUT2D eigenvalue weighted by molar-refractivity contribution is -0.271. The van der Waals surface area contributed by atoms with Crippen LogP contribution in [0.1, 0.15) is 39.2 Å². The lowest BCUT2D eigenvalue weighted by Gasteiger charge is -2.33. The highest BCUT2D eigenvalue weighted by Crippen LogP contribution is 2.41. The van der Waals surface area contributed by atoms with Crippen molar-refractivity contribution in [1.82, 2.24) is 10.6 Å². The Morgan fingerprint density at radius 2 is 1.90 bits per heavy atom. The number of hydrogen-bond acceptors (Lipinski definition) is 4. The van der Waals surface area contributed by atoms with Gasteiger partial charge in [0.25, 0.3) is 0 Å². The summed E-state index contributed by atoms with van der Waals surface area (Å²) in [4.78, 5) is 11.6. The van der Waals surface area contributed by atoms with Crippen molar-refractivity contribution in [1.29, 1.82) is 0 Å². The molecular weight excluding hydrogens is 423 g/mol. The Balaban J connectivity index is 2.18. The number of hydrogen-bond donors (Lipinski definition) is 3. The summed E-state index contributed by atoms with van der Waals surface area (Å²) in [6, 6.07) is 0.661. The van der Waals surface area contributed by atoms with Crippen LogP contribution in [-0.2, 0) is 16.0 Å². The van der Waals surface area contributed by atoms with E-state index in [1.54, 1.807) is 0 Å². The number of carbonyl (C=O) groups excluding carboxylic acids is 1. The second kappa shape index (κ2) is 10.2. The normalized spacial score (nSPS) is 23.7. The molecule has 0 saturated carbocycles. The van der Waals surface area contributed by atoms with Crippen molar-refractivity contribution in [3.8, 4) is 0 Å². The van der Waals surface area contributed by atoms with Crippen LogP contribution in [0, 0.1) is 17.6 Å². The lowest BCUT2D eigenvalue weighted by atomic mass is 9.91. The highest BCUT2D eigenvalue weighted by Gasteiger charge is 2.60. The average Bonchev–Trinajstić information content (AvgIpc) is 3.04. The van der Waals surface area contributed by atoms with Gasteiger partial charge in [-0.05, 0) is 36.5 Å². The maximum atomic E-state index is 13.8. The summed E-state index contributed by atoms with van der Waals surface area (Å²) in [6.45, 7) is 4.30. The van der Waals surface area contributed by atoms with E-state index in [0.717, 1.165) is 12.1 Å². The number of amides is 1. The summed E-state index contributed by atoms with van der Waals surface area (Å²) >= 11 is 0. The molecular formula is C21H29F5N2O3. The van der Waals surface area contributed by atoms with E-state index in [0.29, 0.717) is 12.5 Å². The van der Waals surface area contributed by atoms with Crippen molar-refractivity contribution in [2.75, 3.05) is 13.2 Å². The molecule has 3 N–H and O–H groups in total. The van der Waals surface area contributed by atoms with Gasteiger partial charge in [0.2, 0.25) is 5.91 Å². The molecule has 10 heteroatoms. The predicted octanol–water partition coefficient (Wildman–Crippen LogP) is 3.10. The van der Waals surface area contributed by atoms with Crippen LogP contribution in [0.25, 0.3) is 0 Å². The molecule has 1 fully saturated rings. The molecule has 1 heterocycles. The fraction of sp³-hybridized carbons (Fsp3) is 0.667. The molecule has 5 nitrogen and oxygen atoms in total. The van der Waals surface area contributed by atoms with Gasteiger partial charge in [-0.25, -0.2) is 8.78 Å². The van der Waals surface area contributed by atoms with E-state index < -0.39 is 60.5 Å². The van der Waals surface area contributed by atoms with Crippen LogP contribution < -0.4 is 10.6 Å². The second-order valence-corrected chi connectivity index (χ2v) is 8.49. The zero-order valence-electron chi connectivity index (χ0n) is 17.7. The molecule has 1 saturated heterocycles. The molecule has 0 spiro atoms. The number of nitrogens with one attached hydrogen (secondary N) is 2. The number of ether oxygens (including phenoxy) is 1. The van der Waals surface area contributed by atoms with Crippen molar-refractivity contribution in [2.24, 2.45) is 5.92 Å². The maximum Gasteiger partial charge on any atom is 0.418 e. The Labute approximate surface area is 178 Å². The zero-order chi connectivity index (χ0) is 23.4. The molecule has 176 valence electrons. The van der Waals surface area contributed by atoms with Gasteiger partial charge in [-0.15, -0.1) is 0 Å². The minimum absolute atomic E-state index is 0.0840. The molecule has 1 aliphatic rings. The minimum Gasteiger partial charge on any atom is -0.389 e. The van der Waals surface area contributed by atoms with Gasteiger partial charge in [0.05, 0.1) is 12.1 Å². The highest BCUT2D eigenvalue weighted by atomic mass is 19.4. The van der Waals surface area contributed by atoms with E-state index in [-0.39, 0.29) is 24.5 Å². The number of alkyl halides is 3. The lowest BCUT2D eigenvalue weighted by Crippen LogP contribution is -2.52. The van der Waals surface area contributed by atoms with Crippen molar-refractivity contribution >= 4 is 5.91 Å². The van der Waals surface area contributed by atoms with E-state index in [1.807, 2.05) is 13.8 Å². The fourth-order valence-electron chi connectivity index (χ4n) is 3.72. The highest BCUT2D eigenvalue weighted by molar-refractivity contribution is 5.73. The number of halogens is 5. The van der Waals surface area contributed by atoms with Gasteiger partial charge in [0.1, 0.15) is 11.6 Å². The molecule has 0 radical (unpaired) electrons. The standard InChI is InChI=1S/C21H29F5N2O3/c1-12(2)4-5-31-20(21(24,25)26)10-18(27-11-20)19(30)17(28-13(3)29)8-14-6-15(22)9-16(23)7-14/h6-7,9,12,17-19,27,30H,4-5,8,10-11H2,1-3H3,(H,28,29)/t17-,18+,19+,20+/m0/s1. The Hall–Kier alpha value is -1.78. The van der Waals surface area contributed by atoms with Gasteiger partial charge in [-0.3, -0.25) is 4.79 Å². The number of benzene rings is 1. The van der Waals surface area contributed by atoms with Gasteiger partial charge in [0, 0.05) is 38.6 Å². The zero-order valence-corrected chi connectivity index (χ0v) is 17.7. The third kappa shape index (κ3) is 6.85. The van der Waals surface area contributed by atoms with Gasteiger partial charge < -0.3 is 20.5 Å². The molecule has 1 aliphatic heterocycles. The Morgan fingerprint density at radius 1 is 1.29 bits per heavy atom. The quantitative estimate of drug-likeness (QED) is 0.504. The number of aliphatic hydroxyl groups excluding tert-OH is 1. The van der Waals surface area contributed by atoms with Crippen LogP contribution in [0.2, 0.25) is 0 Å². The topological polar surface area (TPSA) is 70.6 Å². The van der Waals surface area contributed by atoms with Crippen LogP contribution in [0.4, 0.5) is 22.0 Å². The molecule has 0 aliphatic carbocycles. The van der Waals surface area contributed by atoms with E-state index >= 15 is 0 Å². The monoisotopic (exact) mass is 452 g/mol. The van der Waals surface area contributed by atoms with Crippen LogP contribution in [-0.4, -0.2) is 54.1 Å². The molecule has 1 aromatic rings. The first-order chi connectivity index (χ1) is 14.3. The third-order valence-corrected chi connectivity index (χ3v) is 5.38. The summed E-state index contributed by atoms with van der Waals surface area (Å²) in [5.41, 5.74) is -2.30. The maximum absolute atomic E-state index is 13.8. The molecule has 31 heavy (non-hydrogen) atoms. The first-order valence-corrected chi connectivity index (χ1v) is 10.2. The Bertz CT molecular complexity index is 739. The first kappa shape index (κ1) is 25.5. The van der Waals surface area contributed by atoms with E-state index in [9.17, 15) is 31.9 Å². The Morgan fingerprint density at radius 3 is 2.42 bits per heavy atom. The SMILES string of the molecule is CC(=O)N[C@@H](Cc1cc(F)cc(F)c1)[C@@H](O)[C@H]1C[C@](OCCC(C)C)(C(F)(F)F)CN1. The third-order valence-electron chi connectivity index (χ3n) is 5.38. The van der Waals surface area contributed by atoms with Crippen LogP contribution in [0.3, 0.4) is 0 Å². The average molecular weight is 452 g/mol. The molecule has 0 unspecified atom stereocenters. The summed E-state index contributed by atoms with van der Waals surface area (Å²) in [5, 5.41) is 15.9. The summed E-state index contributed by atoms with van der Waals surface area (Å²) in [6.07, 6.45) is -6.39. The number of aliphatic hydroxyl groups is 1. The van der Waals surface area contributed by atoms with Crippen LogP contribution in [0.15, 0.2) is 18.2 Å². The molecule has 4 atom stereocenters. The second-order valence-electron chi connectivity index (χ2n) is 8.49. The van der Waals surface area contributed by atoms with Gasteiger partial charge in [0.15, 0.2) is 5.60 Å². The first-order valence-electron chi connectivity index (χ1n) is 10.2. The Kier molecular flexibility index (Phi) is 8.40. The number of carbonyl (C=O) groups is 1. The summed E-state index contributed by atoms with van der Waals surface area (Å²) in [5.74, 6) is -2.04. The fourth-order valence-corrected chi connectivity index (χ4v) is 3.72. The minimum atomic E-state index is -4.67. The largest absolute Gasteiger partial charge is 0.418 e. The predicted molar refractivity (Wildman–Crippen MR) is 104 cm³/mol. The van der Waals surface area contributed by atoms with Crippen molar-refractivity contribution in [2.45, 2.75) is 70.0 Å². The number of rotatable bonds is 9. The van der Waals surface area contributed by atoms with Gasteiger partial charge in [-0.1, -0.05) is 13.8 Å². The van der Waals surface area contributed by atoms with E-state index in [2.05, 4.69) is 10.6 Å². The molecule has 1 amide bonds. The smallest absolute Gasteiger partial charge is 0.389 e. The molecule has 1 aromatic carbocycles. The van der Waals surface area contributed by atoms with Crippen LogP contribution >= 0.6 is 0 Å². The molecule has 0 aromatic heterocycles. The van der Waals surface area contributed by atoms with E-state index in [1.165, 1.54) is 6.92 Å². The van der Waals surface area contributed by atoms with Crippen LogP contribution in [0.5, 0.6) is 0 Å². The van der Waals surface area contributed by atoms with E-state index in [4.69, 9.17) is 4.74 Å². The summed E-state index contributed by atoms with van der Waals surface area (Å²) < 4.78 is 73.8.